The standard InChI is InChI=1S/C11H10BrClN2S.ClH/c12-10-3-2-9(16-10)7-14-5-8-1-4-11(13)15-6-8;/h1-4,6,14H,5,7H2;1H. The van der Waals surface area contributed by atoms with Gasteiger partial charge in [0.25, 0.3) is 0 Å². The van der Waals surface area contributed by atoms with Gasteiger partial charge in [-0.05, 0) is 39.7 Å². The average molecular weight is 354 g/mol. The Labute approximate surface area is 124 Å². The lowest BCUT2D eigenvalue weighted by molar-refractivity contribution is 0.699. The first-order chi connectivity index (χ1) is 7.74. The van der Waals surface area contributed by atoms with Crippen LogP contribution in [-0.2, 0) is 13.1 Å². The molecule has 0 aromatic carbocycles. The highest BCUT2D eigenvalue weighted by atomic mass is 79.9. The van der Waals surface area contributed by atoms with Crippen LogP contribution in [0.2, 0.25) is 5.15 Å². The zero-order valence-electron chi connectivity index (χ0n) is 8.82. The van der Waals surface area contributed by atoms with E-state index in [9.17, 15) is 0 Å². The van der Waals surface area contributed by atoms with Crippen molar-refractivity contribution in [1.82, 2.24) is 10.3 Å². The lowest BCUT2D eigenvalue weighted by Crippen LogP contribution is -2.11. The number of rotatable bonds is 4. The Bertz CT molecular complexity index is 459. The molecule has 0 spiro atoms. The summed E-state index contributed by atoms with van der Waals surface area (Å²) in [5.74, 6) is 0. The molecular formula is C11H11BrCl2N2S. The molecule has 92 valence electrons. The molecular weight excluding hydrogens is 343 g/mol. The summed E-state index contributed by atoms with van der Waals surface area (Å²) in [5.41, 5.74) is 1.14. The maximum Gasteiger partial charge on any atom is 0.129 e. The molecule has 2 aromatic heterocycles. The third-order valence-electron chi connectivity index (χ3n) is 2.05. The Kier molecular flexibility index (Phi) is 6.44. The highest BCUT2D eigenvalue weighted by Crippen LogP contribution is 2.21. The van der Waals surface area contributed by atoms with E-state index in [1.807, 2.05) is 6.07 Å². The Balaban J connectivity index is 0.00000144. The van der Waals surface area contributed by atoms with E-state index in [2.05, 4.69) is 38.4 Å². The fourth-order valence-electron chi connectivity index (χ4n) is 1.29. The van der Waals surface area contributed by atoms with Gasteiger partial charge in [-0.15, -0.1) is 23.7 Å². The Morgan fingerprint density at radius 3 is 2.65 bits per heavy atom. The monoisotopic (exact) mass is 352 g/mol. The highest BCUT2D eigenvalue weighted by Gasteiger charge is 1.98. The zero-order chi connectivity index (χ0) is 11.4. The molecule has 0 saturated carbocycles. The van der Waals surface area contributed by atoms with Gasteiger partial charge in [-0.3, -0.25) is 0 Å². The fraction of sp³-hybridized carbons (Fsp3) is 0.182. The first kappa shape index (κ1) is 14.9. The van der Waals surface area contributed by atoms with Crippen LogP contribution in [-0.4, -0.2) is 4.98 Å². The summed E-state index contributed by atoms with van der Waals surface area (Å²) in [6.45, 7) is 1.68. The van der Waals surface area contributed by atoms with E-state index in [0.29, 0.717) is 5.15 Å². The van der Waals surface area contributed by atoms with Crippen LogP contribution >= 0.6 is 51.3 Å². The van der Waals surface area contributed by atoms with Crippen molar-refractivity contribution in [2.45, 2.75) is 13.1 Å². The summed E-state index contributed by atoms with van der Waals surface area (Å²) in [6.07, 6.45) is 1.79. The summed E-state index contributed by atoms with van der Waals surface area (Å²) >= 11 is 10.9. The van der Waals surface area contributed by atoms with Gasteiger partial charge in [-0.2, -0.15) is 0 Å². The van der Waals surface area contributed by atoms with Gasteiger partial charge >= 0.3 is 0 Å². The Morgan fingerprint density at radius 2 is 2.06 bits per heavy atom. The van der Waals surface area contributed by atoms with Crippen LogP contribution in [0, 0.1) is 0 Å². The number of thiophene rings is 1. The minimum absolute atomic E-state index is 0. The largest absolute Gasteiger partial charge is 0.308 e. The molecule has 0 fully saturated rings. The van der Waals surface area contributed by atoms with Crippen LogP contribution in [0.4, 0.5) is 0 Å². The minimum Gasteiger partial charge on any atom is -0.308 e. The van der Waals surface area contributed by atoms with E-state index in [4.69, 9.17) is 11.6 Å². The smallest absolute Gasteiger partial charge is 0.129 e. The van der Waals surface area contributed by atoms with Gasteiger partial charge in [0.05, 0.1) is 3.79 Å². The third-order valence-corrected chi connectivity index (χ3v) is 3.89. The van der Waals surface area contributed by atoms with E-state index in [0.717, 1.165) is 22.4 Å². The zero-order valence-corrected chi connectivity index (χ0v) is 12.8. The van der Waals surface area contributed by atoms with Gasteiger partial charge in [-0.1, -0.05) is 17.7 Å². The second-order valence-corrected chi connectivity index (χ2v) is 6.23. The van der Waals surface area contributed by atoms with Crippen molar-refractivity contribution in [3.63, 3.8) is 0 Å². The molecule has 2 heterocycles. The van der Waals surface area contributed by atoms with E-state index < -0.39 is 0 Å². The molecule has 2 aromatic rings. The third kappa shape index (κ3) is 4.94. The molecule has 0 aliphatic carbocycles. The molecule has 2 nitrogen and oxygen atoms in total. The van der Waals surface area contributed by atoms with Crippen molar-refractivity contribution in [2.24, 2.45) is 0 Å². The van der Waals surface area contributed by atoms with Crippen LogP contribution in [0.1, 0.15) is 10.4 Å². The molecule has 0 aliphatic heterocycles. The Morgan fingerprint density at radius 1 is 1.24 bits per heavy atom. The normalized spacial score (nSPS) is 10.0. The maximum atomic E-state index is 5.71. The van der Waals surface area contributed by atoms with E-state index >= 15 is 0 Å². The number of halogens is 3. The molecule has 1 N–H and O–H groups in total. The minimum atomic E-state index is 0. The average Bonchev–Trinajstić information content (AvgIpc) is 2.67. The van der Waals surface area contributed by atoms with Crippen molar-refractivity contribution in [3.8, 4) is 0 Å². The Hall–Kier alpha value is -0.130. The van der Waals surface area contributed by atoms with E-state index in [-0.39, 0.29) is 12.4 Å². The second-order valence-electron chi connectivity index (χ2n) is 3.30. The first-order valence-electron chi connectivity index (χ1n) is 4.79. The molecule has 0 atom stereocenters. The van der Waals surface area contributed by atoms with Crippen molar-refractivity contribution < 1.29 is 0 Å². The predicted molar refractivity (Wildman–Crippen MR) is 79.1 cm³/mol. The van der Waals surface area contributed by atoms with Crippen LogP contribution in [0.5, 0.6) is 0 Å². The van der Waals surface area contributed by atoms with Crippen molar-refractivity contribution in [3.05, 3.63) is 49.8 Å². The lowest BCUT2D eigenvalue weighted by atomic mass is 10.3. The lowest BCUT2D eigenvalue weighted by Gasteiger charge is -2.02. The number of nitrogens with zero attached hydrogens (tertiary/aromatic N) is 1. The molecule has 0 aliphatic rings. The van der Waals surface area contributed by atoms with Gasteiger partial charge in [0, 0.05) is 24.2 Å². The molecule has 0 radical (unpaired) electrons. The molecule has 0 saturated heterocycles. The highest BCUT2D eigenvalue weighted by molar-refractivity contribution is 9.11. The molecule has 0 unspecified atom stereocenters. The summed E-state index contributed by atoms with van der Waals surface area (Å²) < 4.78 is 1.16. The molecule has 0 amide bonds. The van der Waals surface area contributed by atoms with Crippen LogP contribution in [0.3, 0.4) is 0 Å². The van der Waals surface area contributed by atoms with E-state index in [1.165, 1.54) is 4.88 Å². The first-order valence-corrected chi connectivity index (χ1v) is 6.78. The number of hydrogen-bond acceptors (Lipinski definition) is 3. The number of nitrogens with one attached hydrogen (secondary N) is 1. The van der Waals surface area contributed by atoms with Gasteiger partial charge in [0.2, 0.25) is 0 Å². The molecule has 2 rings (SSSR count). The van der Waals surface area contributed by atoms with Gasteiger partial charge in [0.15, 0.2) is 0 Å². The van der Waals surface area contributed by atoms with Crippen LogP contribution < -0.4 is 5.32 Å². The van der Waals surface area contributed by atoms with Gasteiger partial charge in [-0.25, -0.2) is 4.98 Å². The van der Waals surface area contributed by atoms with Crippen molar-refractivity contribution >= 4 is 51.3 Å². The van der Waals surface area contributed by atoms with Crippen molar-refractivity contribution in [1.29, 1.82) is 0 Å². The number of pyridine rings is 1. The van der Waals surface area contributed by atoms with E-state index in [1.54, 1.807) is 23.6 Å². The molecule has 17 heavy (non-hydrogen) atoms. The van der Waals surface area contributed by atoms with Gasteiger partial charge < -0.3 is 5.32 Å². The topological polar surface area (TPSA) is 24.9 Å². The molecule has 6 heteroatoms. The maximum absolute atomic E-state index is 5.71. The summed E-state index contributed by atoms with van der Waals surface area (Å²) in [4.78, 5) is 5.34. The quantitative estimate of drug-likeness (QED) is 0.830. The summed E-state index contributed by atoms with van der Waals surface area (Å²) in [7, 11) is 0. The second kappa shape index (κ2) is 7.34. The fourth-order valence-corrected chi connectivity index (χ4v) is 2.85. The van der Waals surface area contributed by atoms with Crippen molar-refractivity contribution in [2.75, 3.05) is 0 Å². The van der Waals surface area contributed by atoms with Crippen LogP contribution in [0.15, 0.2) is 34.2 Å². The number of hydrogen-bond donors (Lipinski definition) is 1. The number of aromatic nitrogens is 1. The summed E-state index contributed by atoms with van der Waals surface area (Å²) in [6, 6.07) is 7.96. The molecule has 0 bridgehead atoms. The predicted octanol–water partition coefficient (Wildman–Crippen LogP) is 4.27. The van der Waals surface area contributed by atoms with Gasteiger partial charge in [0.1, 0.15) is 5.15 Å². The van der Waals surface area contributed by atoms with Crippen LogP contribution in [0.25, 0.3) is 0 Å². The summed E-state index contributed by atoms with van der Waals surface area (Å²) in [5, 5.41) is 3.89. The SMILES string of the molecule is Cl.Clc1ccc(CNCc2ccc(Br)s2)cn1.